The maximum Gasteiger partial charge on any atom is 0.472 e. The lowest BCUT2D eigenvalue weighted by Crippen LogP contribution is -2.30. The lowest BCUT2D eigenvalue weighted by molar-refractivity contribution is -0.161. The highest BCUT2D eigenvalue weighted by Gasteiger charge is 2.30. The Morgan fingerprint density at radius 3 is 0.731 bits per heavy atom. The van der Waals surface area contributed by atoms with Gasteiger partial charge in [-0.15, -0.1) is 0 Å². The van der Waals surface area contributed by atoms with Gasteiger partial charge in [-0.1, -0.05) is 401 Å². The van der Waals surface area contributed by atoms with E-state index in [1.54, 1.807) is 0 Å². The summed E-state index contributed by atoms with van der Waals surface area (Å²) in [6.07, 6.45) is 68.5. The average molecular weight is 1520 g/mol. The third kappa shape index (κ3) is 76.8. The van der Waals surface area contributed by atoms with Gasteiger partial charge in [0.1, 0.15) is 19.3 Å². The van der Waals surface area contributed by atoms with Gasteiger partial charge in [0.15, 0.2) is 12.2 Å². The number of unbranched alkanes of at least 4 members (excludes halogenated alkanes) is 53. The largest absolute Gasteiger partial charge is 0.472 e. The van der Waals surface area contributed by atoms with Crippen LogP contribution in [0.3, 0.4) is 0 Å². The molecule has 3 unspecified atom stereocenters. The van der Waals surface area contributed by atoms with E-state index in [0.717, 1.165) is 108 Å². The van der Waals surface area contributed by atoms with E-state index in [-0.39, 0.29) is 25.7 Å². The minimum atomic E-state index is -4.96. The fraction of sp³-hybridized carbons (Fsp3) is 0.953. The molecular weight excluding hydrogens is 1350 g/mol. The third-order valence-electron chi connectivity index (χ3n) is 20.3. The first kappa shape index (κ1) is 102. The summed E-state index contributed by atoms with van der Waals surface area (Å²) in [5, 5.41) is 10.7. The summed E-state index contributed by atoms with van der Waals surface area (Å²) >= 11 is 0. The topological polar surface area (TPSA) is 237 Å². The van der Waals surface area contributed by atoms with E-state index in [2.05, 4.69) is 41.5 Å². The minimum absolute atomic E-state index is 0.104. The molecule has 0 saturated heterocycles. The van der Waals surface area contributed by atoms with Crippen molar-refractivity contribution in [2.24, 2.45) is 11.8 Å². The highest BCUT2D eigenvalue weighted by atomic mass is 31.2. The lowest BCUT2D eigenvalue weighted by atomic mass is 10.00. The van der Waals surface area contributed by atoms with Crippen LogP contribution in [0.25, 0.3) is 0 Å². The van der Waals surface area contributed by atoms with E-state index < -0.39 is 97.5 Å². The van der Waals surface area contributed by atoms with Crippen LogP contribution >= 0.6 is 15.6 Å². The summed E-state index contributed by atoms with van der Waals surface area (Å²) in [5.41, 5.74) is 0. The number of aliphatic hydroxyl groups is 1. The summed E-state index contributed by atoms with van der Waals surface area (Å²) in [5.74, 6) is -0.661. The Morgan fingerprint density at radius 2 is 0.490 bits per heavy atom. The number of carbonyl (C=O) groups is 4. The first-order chi connectivity index (χ1) is 50.4. The molecule has 0 aromatic rings. The molecule has 0 saturated carbocycles. The van der Waals surface area contributed by atoms with E-state index in [9.17, 15) is 43.2 Å². The van der Waals surface area contributed by atoms with Crippen molar-refractivity contribution in [1.82, 2.24) is 0 Å². The number of hydrogen-bond donors (Lipinski definition) is 3. The zero-order chi connectivity index (χ0) is 76.4. The molecule has 0 aromatic carbocycles. The Bertz CT molecular complexity index is 2000. The van der Waals surface area contributed by atoms with Crippen molar-refractivity contribution in [3.63, 3.8) is 0 Å². The fourth-order valence-electron chi connectivity index (χ4n) is 13.2. The quantitative estimate of drug-likeness (QED) is 0.0222. The van der Waals surface area contributed by atoms with Gasteiger partial charge < -0.3 is 33.8 Å². The smallest absolute Gasteiger partial charge is 0.462 e. The Morgan fingerprint density at radius 1 is 0.279 bits per heavy atom. The van der Waals surface area contributed by atoms with Crippen LogP contribution in [0.5, 0.6) is 0 Å². The number of aliphatic hydroxyl groups excluding tert-OH is 1. The molecule has 0 bridgehead atoms. The van der Waals surface area contributed by atoms with Crippen molar-refractivity contribution in [3.05, 3.63) is 0 Å². The Kier molecular flexibility index (Phi) is 75.0. The summed E-state index contributed by atoms with van der Waals surface area (Å²) in [7, 11) is -9.92. The van der Waals surface area contributed by atoms with Gasteiger partial charge in [-0.3, -0.25) is 37.3 Å². The molecule has 0 rings (SSSR count). The Balaban J connectivity index is 5.18. The van der Waals surface area contributed by atoms with Crippen LogP contribution in [0.15, 0.2) is 0 Å². The van der Waals surface area contributed by atoms with Gasteiger partial charge in [0.25, 0.3) is 0 Å². The van der Waals surface area contributed by atoms with Crippen LogP contribution in [0.2, 0.25) is 0 Å². The molecule has 0 spiro atoms. The molecule has 618 valence electrons. The van der Waals surface area contributed by atoms with Crippen LogP contribution in [0, 0.1) is 11.8 Å². The SMILES string of the molecule is CCCCCCCCCCCCCCCCCCCCCCCCC(=O)O[C@H](COC(=O)CCCCCCCCCCCCCCCCCCCCCCC)COP(=O)(O)OC[C@@H](O)COP(=O)(O)OC[C@@H](COC(=O)CCCCCCCCC(C)CC)OC(=O)CCCCCCCCCCC(C)C. The lowest BCUT2D eigenvalue weighted by Gasteiger charge is -2.21. The molecule has 0 aliphatic heterocycles. The second-order valence-corrected chi connectivity index (χ2v) is 34.2. The van der Waals surface area contributed by atoms with Crippen molar-refractivity contribution in [2.75, 3.05) is 39.6 Å². The van der Waals surface area contributed by atoms with Crippen molar-refractivity contribution in [2.45, 2.75) is 471 Å². The molecule has 0 aromatic heterocycles. The van der Waals surface area contributed by atoms with Gasteiger partial charge in [-0.05, 0) is 37.5 Å². The second kappa shape index (κ2) is 76.4. The maximum atomic E-state index is 13.1. The standard InChI is InChI=1S/C85H166O17P2/c1-7-10-12-14-16-18-20-22-24-26-28-30-32-34-36-38-40-42-44-49-57-63-69-84(89)101-80(73-95-82(87)67-61-55-48-43-41-39-37-35-33-31-29-27-25-23-21-19-17-15-13-11-8-2)75-99-103(91,92)97-71-79(86)72-98-104(93,94)100-76-81(74-96-83(88)68-62-56-52-51-54-60-66-78(6)9-3)102-85(90)70-64-58-50-46-45-47-53-59-65-77(4)5/h77-81,86H,7-76H2,1-6H3,(H,91,92)(H,93,94)/t78?,79-,80-,81-/m1/s1. The number of rotatable bonds is 84. The summed E-state index contributed by atoms with van der Waals surface area (Å²) in [6.45, 7) is 9.56. The van der Waals surface area contributed by atoms with Gasteiger partial charge >= 0.3 is 39.5 Å². The number of hydrogen-bond acceptors (Lipinski definition) is 15. The number of esters is 4. The van der Waals surface area contributed by atoms with Crippen molar-refractivity contribution >= 4 is 39.5 Å². The molecule has 17 nitrogen and oxygen atoms in total. The molecule has 0 amide bonds. The first-order valence-electron chi connectivity index (χ1n) is 44.0. The monoisotopic (exact) mass is 1520 g/mol. The van der Waals surface area contributed by atoms with Crippen molar-refractivity contribution in [1.29, 1.82) is 0 Å². The number of phosphoric acid groups is 2. The molecule has 19 heteroatoms. The molecule has 0 radical (unpaired) electrons. The highest BCUT2D eigenvalue weighted by molar-refractivity contribution is 7.47. The highest BCUT2D eigenvalue weighted by Crippen LogP contribution is 2.45. The van der Waals surface area contributed by atoms with Gasteiger partial charge in [-0.25, -0.2) is 9.13 Å². The van der Waals surface area contributed by atoms with Crippen LogP contribution in [-0.2, 0) is 65.4 Å². The normalized spacial score (nSPS) is 14.1. The van der Waals surface area contributed by atoms with E-state index in [0.29, 0.717) is 25.7 Å². The molecule has 0 aliphatic rings. The van der Waals surface area contributed by atoms with E-state index in [4.69, 9.17) is 37.0 Å². The fourth-order valence-corrected chi connectivity index (χ4v) is 14.8. The molecule has 0 heterocycles. The Hall–Kier alpha value is -1.94. The summed E-state index contributed by atoms with van der Waals surface area (Å²) in [6, 6.07) is 0. The number of carbonyl (C=O) groups excluding carboxylic acids is 4. The van der Waals surface area contributed by atoms with Crippen LogP contribution in [-0.4, -0.2) is 96.7 Å². The van der Waals surface area contributed by atoms with Crippen LogP contribution < -0.4 is 0 Å². The Labute approximate surface area is 638 Å². The van der Waals surface area contributed by atoms with Crippen molar-refractivity contribution in [3.8, 4) is 0 Å². The first-order valence-corrected chi connectivity index (χ1v) is 47.0. The number of ether oxygens (including phenoxy) is 4. The minimum Gasteiger partial charge on any atom is -0.462 e. The third-order valence-corrected chi connectivity index (χ3v) is 22.2. The van der Waals surface area contributed by atoms with Gasteiger partial charge in [0, 0.05) is 25.7 Å². The van der Waals surface area contributed by atoms with Crippen molar-refractivity contribution < 1.29 is 80.2 Å². The molecular formula is C85H166O17P2. The van der Waals surface area contributed by atoms with Gasteiger partial charge in [-0.2, -0.15) is 0 Å². The summed E-state index contributed by atoms with van der Waals surface area (Å²) in [4.78, 5) is 73.1. The van der Waals surface area contributed by atoms with Gasteiger partial charge in [0.2, 0.25) is 0 Å². The molecule has 0 aliphatic carbocycles. The number of phosphoric ester groups is 2. The van der Waals surface area contributed by atoms with Gasteiger partial charge in [0.05, 0.1) is 26.4 Å². The molecule has 0 fully saturated rings. The zero-order valence-corrected chi connectivity index (χ0v) is 70.1. The van der Waals surface area contributed by atoms with E-state index in [1.807, 2.05) is 0 Å². The average Bonchev–Trinajstić information content (AvgIpc) is 0.939. The van der Waals surface area contributed by atoms with Crippen LogP contribution in [0.1, 0.15) is 452 Å². The van der Waals surface area contributed by atoms with E-state index >= 15 is 0 Å². The second-order valence-electron chi connectivity index (χ2n) is 31.3. The molecule has 3 N–H and O–H groups in total. The predicted octanol–water partition coefficient (Wildman–Crippen LogP) is 25.8. The molecule has 6 atom stereocenters. The van der Waals surface area contributed by atoms with Crippen LogP contribution in [0.4, 0.5) is 0 Å². The predicted molar refractivity (Wildman–Crippen MR) is 428 cm³/mol. The van der Waals surface area contributed by atoms with E-state index in [1.165, 1.54) is 263 Å². The molecule has 104 heavy (non-hydrogen) atoms. The maximum absolute atomic E-state index is 13.1. The zero-order valence-electron chi connectivity index (χ0n) is 68.3. The summed E-state index contributed by atoms with van der Waals surface area (Å²) < 4.78 is 68.8.